The van der Waals surface area contributed by atoms with Gasteiger partial charge in [0.2, 0.25) is 0 Å². The Labute approximate surface area is 592 Å². The smallest absolute Gasteiger partial charge is 0.463 e. The summed E-state index contributed by atoms with van der Waals surface area (Å²) in [5, 5.41) is 110. The Bertz CT molecular complexity index is 2140. The van der Waals surface area contributed by atoms with E-state index in [1.807, 2.05) is 0 Å². The summed E-state index contributed by atoms with van der Waals surface area (Å²) >= 11 is 0. The lowest BCUT2D eigenvalue weighted by Gasteiger charge is -2.49. The van der Waals surface area contributed by atoms with Crippen LogP contribution >= 0.6 is 7.82 Å². The van der Waals surface area contributed by atoms with E-state index < -0.39 is 156 Å². The molecule has 1 saturated carbocycles. The largest absolute Gasteiger partial charge is 0.472 e. The number of rotatable bonds is 60. The third-order valence-corrected chi connectivity index (χ3v) is 19.9. The van der Waals surface area contributed by atoms with Crippen LogP contribution in [-0.4, -0.2) is 204 Å². The predicted molar refractivity (Wildman–Crippen MR) is 374 cm³/mol. The van der Waals surface area contributed by atoms with Crippen molar-refractivity contribution in [3.8, 4) is 0 Å². The van der Waals surface area contributed by atoms with E-state index in [4.69, 9.17) is 42.2 Å². The van der Waals surface area contributed by atoms with Crippen LogP contribution in [0.2, 0.25) is 0 Å². The van der Waals surface area contributed by atoms with Crippen LogP contribution in [-0.2, 0) is 61.2 Å². The van der Waals surface area contributed by atoms with E-state index >= 15 is 0 Å². The molecule has 3 fully saturated rings. The molecule has 18 atom stereocenters. The highest BCUT2D eigenvalue weighted by molar-refractivity contribution is 7.47. The topological polar surface area (TPSA) is 374 Å². The van der Waals surface area contributed by atoms with E-state index in [0.29, 0.717) is 19.3 Å². The maximum atomic E-state index is 14.3. The maximum absolute atomic E-state index is 14.3. The minimum absolute atomic E-state index is 0.00837. The molecule has 0 aromatic carbocycles. The van der Waals surface area contributed by atoms with E-state index in [1.165, 1.54) is 128 Å². The Hall–Kier alpha value is -2.56. The lowest BCUT2D eigenvalue weighted by molar-refractivity contribution is -0.360. The van der Waals surface area contributed by atoms with E-state index in [9.17, 15) is 74.9 Å². The first kappa shape index (κ1) is 90.7. The fourth-order valence-corrected chi connectivity index (χ4v) is 13.6. The highest BCUT2D eigenvalue weighted by Gasteiger charge is 2.58. The summed E-state index contributed by atoms with van der Waals surface area (Å²) in [5.41, 5.74) is 0. The Balaban J connectivity index is 1.73. The first-order valence-electron chi connectivity index (χ1n) is 38.6. The van der Waals surface area contributed by atoms with Crippen LogP contribution in [0.15, 0.2) is 24.3 Å². The van der Waals surface area contributed by atoms with Crippen molar-refractivity contribution in [1.29, 1.82) is 0 Å². The van der Waals surface area contributed by atoms with Crippen molar-refractivity contribution >= 4 is 25.7 Å². The average molecular weight is 1440 g/mol. The zero-order valence-corrected chi connectivity index (χ0v) is 61.4. The molecule has 3 aliphatic rings. The number of carbonyl (C=O) groups is 3. The fraction of sp³-hybridized carbons (Fsp3) is 0.905. The van der Waals surface area contributed by atoms with Crippen LogP contribution < -0.4 is 0 Å². The molecule has 25 heteroatoms. The van der Waals surface area contributed by atoms with Gasteiger partial charge in [0.1, 0.15) is 98.7 Å². The van der Waals surface area contributed by atoms with Crippen molar-refractivity contribution in [2.45, 2.75) is 401 Å². The molecule has 3 rings (SSSR count). The lowest BCUT2D eigenvalue weighted by Crippen LogP contribution is -2.69. The zero-order valence-electron chi connectivity index (χ0n) is 60.5. The molecular formula is C74H135O24P. The van der Waals surface area contributed by atoms with Crippen molar-refractivity contribution in [2.24, 2.45) is 0 Å². The number of unbranched alkanes of at least 4 members (excludes halogenated alkanes) is 35. The summed E-state index contributed by atoms with van der Waals surface area (Å²) in [6, 6.07) is 0. The van der Waals surface area contributed by atoms with Gasteiger partial charge in [0.25, 0.3) is 0 Å². The Morgan fingerprint density at radius 2 is 0.707 bits per heavy atom. The molecular weight excluding hydrogens is 1300 g/mol. The number of allylic oxidation sites excluding steroid dienone is 4. The van der Waals surface area contributed by atoms with Crippen molar-refractivity contribution in [3.05, 3.63) is 24.3 Å². The second-order valence-electron chi connectivity index (χ2n) is 27.7. The zero-order chi connectivity index (χ0) is 72.5. The molecule has 2 saturated heterocycles. The highest BCUT2D eigenvalue weighted by atomic mass is 31.2. The van der Waals surface area contributed by atoms with Gasteiger partial charge in [-0.25, -0.2) is 4.57 Å². The molecule has 0 amide bonds. The van der Waals surface area contributed by atoms with Crippen molar-refractivity contribution in [3.63, 3.8) is 0 Å². The van der Waals surface area contributed by atoms with Gasteiger partial charge in [-0.15, -0.1) is 0 Å². The first-order chi connectivity index (χ1) is 47.8. The molecule has 0 aromatic rings. The minimum Gasteiger partial charge on any atom is -0.463 e. The summed E-state index contributed by atoms with van der Waals surface area (Å²) in [6.45, 7) is 3.43. The van der Waals surface area contributed by atoms with Crippen LogP contribution in [0.3, 0.4) is 0 Å². The number of aliphatic hydroxyl groups is 10. The summed E-state index contributed by atoms with van der Waals surface area (Å²) in [6.07, 6.45) is 16.6. The second-order valence-corrected chi connectivity index (χ2v) is 29.1. The predicted octanol–water partition coefficient (Wildman–Crippen LogP) is 10.9. The van der Waals surface area contributed by atoms with Crippen LogP contribution in [0.5, 0.6) is 0 Å². The maximum Gasteiger partial charge on any atom is 0.472 e. The van der Waals surface area contributed by atoms with Gasteiger partial charge < -0.3 is 89.1 Å². The normalized spacial score (nSPS) is 27.6. The molecule has 11 N–H and O–H groups in total. The highest BCUT2D eigenvalue weighted by Crippen LogP contribution is 2.49. The molecule has 2 heterocycles. The third-order valence-electron chi connectivity index (χ3n) is 19.0. The number of hydrogen-bond acceptors (Lipinski definition) is 23. The minimum atomic E-state index is -5.70. The number of ether oxygens (including phenoxy) is 7. The van der Waals surface area contributed by atoms with Gasteiger partial charge in [0.15, 0.2) is 18.7 Å². The van der Waals surface area contributed by atoms with E-state index in [0.717, 1.165) is 109 Å². The first-order valence-corrected chi connectivity index (χ1v) is 40.1. The third kappa shape index (κ3) is 38.9. The van der Waals surface area contributed by atoms with E-state index in [-0.39, 0.29) is 19.3 Å². The van der Waals surface area contributed by atoms with E-state index in [1.54, 1.807) is 0 Å². The monoisotopic (exact) mass is 1440 g/mol. The molecule has 580 valence electrons. The molecule has 18 unspecified atom stereocenters. The molecule has 0 bridgehead atoms. The average Bonchev–Trinajstić information content (AvgIpc) is 0.765. The Morgan fingerprint density at radius 1 is 0.384 bits per heavy atom. The summed E-state index contributed by atoms with van der Waals surface area (Å²) in [7, 11) is -5.70. The molecule has 1 aliphatic carbocycles. The Morgan fingerprint density at radius 3 is 1.11 bits per heavy atom. The molecule has 24 nitrogen and oxygen atoms in total. The number of aliphatic hydroxyl groups excluding tert-OH is 10. The van der Waals surface area contributed by atoms with Crippen molar-refractivity contribution < 1.29 is 117 Å². The van der Waals surface area contributed by atoms with Crippen molar-refractivity contribution in [2.75, 3.05) is 26.4 Å². The number of esters is 3. The van der Waals surface area contributed by atoms with E-state index in [2.05, 4.69) is 45.1 Å². The van der Waals surface area contributed by atoms with Gasteiger partial charge in [-0.2, -0.15) is 0 Å². The second kappa shape index (κ2) is 55.9. The standard InChI is InChI=1S/C74H135O24P/c1-4-7-10-13-16-19-22-25-28-31-34-36-39-42-45-48-58(76)90-52-55(93-60(78)50-47-44-41-38-35-32-29-26-23-20-17-14-11-8-5-2)53-92-99(88,89)98-72-70(96-73-68(86)63(81)61(79)56(51-75)94-73)66(84)65(83)67(85)71(72)97-74-69(87)64(82)62(80)57(95-74)54-91-59(77)49-46-43-40-37-33-30-27-24-21-18-15-12-9-6-3/h20,23,30,33,55-57,61-75,79-87H,4-19,21-22,24-29,31-32,34-54H2,1-3H3,(H,88,89)/b23-20-,33-30-. The number of phosphoric acid groups is 1. The number of phosphoric ester groups is 1. The van der Waals surface area contributed by atoms with Gasteiger partial charge in [0, 0.05) is 19.3 Å². The quantitative estimate of drug-likeness (QED) is 0.00886. The SMILES string of the molecule is CCCCCC/C=C\CCCCCCCCCC(=O)OC(COC(=O)CCCCCCCCCCCCCCCCC)COP(=O)(O)OC1C(OC2OC(CO)C(O)C(O)C2O)C(O)C(O)C(O)C1OC1OC(COC(=O)CCCCC/C=C\CCCCCCCCC)C(O)C(O)C1O. The van der Waals surface area contributed by atoms with Gasteiger partial charge >= 0.3 is 25.7 Å². The van der Waals surface area contributed by atoms with Crippen LogP contribution in [0, 0.1) is 0 Å². The summed E-state index contributed by atoms with van der Waals surface area (Å²) in [4.78, 5) is 51.0. The summed E-state index contributed by atoms with van der Waals surface area (Å²) < 4.78 is 65.1. The molecule has 0 aromatic heterocycles. The molecule has 2 aliphatic heterocycles. The molecule has 0 radical (unpaired) electrons. The van der Waals surface area contributed by atoms with Gasteiger partial charge in [-0.3, -0.25) is 23.4 Å². The van der Waals surface area contributed by atoms with Crippen LogP contribution in [0.4, 0.5) is 0 Å². The molecule has 0 spiro atoms. The summed E-state index contributed by atoms with van der Waals surface area (Å²) in [5.74, 6) is -2.00. The van der Waals surface area contributed by atoms with Gasteiger partial charge in [-0.1, -0.05) is 231 Å². The van der Waals surface area contributed by atoms with Crippen LogP contribution in [0.1, 0.15) is 297 Å². The lowest BCUT2D eigenvalue weighted by atomic mass is 9.84. The van der Waals surface area contributed by atoms with Crippen LogP contribution in [0.25, 0.3) is 0 Å². The Kier molecular flexibility index (Phi) is 51.2. The van der Waals surface area contributed by atoms with Gasteiger partial charge in [0.05, 0.1) is 13.2 Å². The van der Waals surface area contributed by atoms with Crippen molar-refractivity contribution in [1.82, 2.24) is 0 Å². The number of carbonyl (C=O) groups excluding carboxylic acids is 3. The van der Waals surface area contributed by atoms with Gasteiger partial charge in [-0.05, 0) is 70.6 Å². The number of hydrogen-bond donors (Lipinski definition) is 11. The fourth-order valence-electron chi connectivity index (χ4n) is 12.6. The molecule has 99 heavy (non-hydrogen) atoms.